The third-order valence-electron chi connectivity index (χ3n) is 4.87. The highest BCUT2D eigenvalue weighted by molar-refractivity contribution is 7.13. The Morgan fingerprint density at radius 3 is 2.67 bits per heavy atom. The van der Waals surface area contributed by atoms with Crippen molar-refractivity contribution in [3.8, 4) is 10.6 Å². The Hall–Kier alpha value is -2.94. The number of hydrogen-bond donors (Lipinski definition) is 1. The van der Waals surface area contributed by atoms with Gasteiger partial charge < -0.3 is 10.2 Å². The maximum Gasteiger partial charge on any atom is 0.416 e. The molecule has 1 fully saturated rings. The molecule has 1 amide bonds. The lowest BCUT2D eigenvalue weighted by Gasteiger charge is -2.16. The van der Waals surface area contributed by atoms with Crippen LogP contribution in [0.2, 0.25) is 0 Å². The van der Waals surface area contributed by atoms with Crippen LogP contribution in [0.25, 0.3) is 10.6 Å². The summed E-state index contributed by atoms with van der Waals surface area (Å²) in [7, 11) is 0. The van der Waals surface area contributed by atoms with Gasteiger partial charge in [0.05, 0.1) is 5.56 Å². The smallest absolute Gasteiger partial charge is 0.357 e. The van der Waals surface area contributed by atoms with Gasteiger partial charge in [-0.1, -0.05) is 18.2 Å². The van der Waals surface area contributed by atoms with E-state index in [1.165, 1.54) is 18.9 Å². The summed E-state index contributed by atoms with van der Waals surface area (Å²) in [5, 5.41) is 4.68. The highest BCUT2D eigenvalue weighted by Crippen LogP contribution is 2.33. The van der Waals surface area contributed by atoms with Crippen molar-refractivity contribution in [2.45, 2.75) is 25.6 Å². The van der Waals surface area contributed by atoms with E-state index in [1.54, 1.807) is 17.6 Å². The number of rotatable bonds is 5. The van der Waals surface area contributed by atoms with E-state index in [0.29, 0.717) is 17.1 Å². The zero-order valence-electron chi connectivity index (χ0n) is 15.9. The lowest BCUT2D eigenvalue weighted by molar-refractivity contribution is -0.137. The molecule has 30 heavy (non-hydrogen) atoms. The fourth-order valence-electron chi connectivity index (χ4n) is 3.27. The molecule has 3 heterocycles. The summed E-state index contributed by atoms with van der Waals surface area (Å²) in [4.78, 5) is 23.3. The number of benzene rings is 1. The fourth-order valence-corrected chi connectivity index (χ4v) is 4.06. The standard InChI is InChI=1S/C21H19F3N4OS/c22-21(23,24)16-5-3-4-15(10-16)20-27-17(13-30-20)19(29)26-12-14-6-7-18(25-11-14)28-8-1-2-9-28/h3-7,10-11,13H,1-2,8-9,12H2,(H,26,29). The number of anilines is 1. The van der Waals surface area contributed by atoms with Crippen molar-refractivity contribution in [2.75, 3.05) is 18.0 Å². The molecule has 2 aromatic heterocycles. The lowest BCUT2D eigenvalue weighted by Crippen LogP contribution is -2.23. The molecule has 156 valence electrons. The molecule has 1 N–H and O–H groups in total. The van der Waals surface area contributed by atoms with Crippen LogP contribution in [0.15, 0.2) is 48.0 Å². The molecule has 0 bridgehead atoms. The molecule has 0 radical (unpaired) electrons. The first-order valence-electron chi connectivity index (χ1n) is 9.51. The number of pyridine rings is 1. The van der Waals surface area contributed by atoms with Gasteiger partial charge in [0.2, 0.25) is 0 Å². The molecule has 0 spiro atoms. The van der Waals surface area contributed by atoms with Gasteiger partial charge in [-0.25, -0.2) is 9.97 Å². The number of alkyl halides is 3. The normalized spacial score (nSPS) is 14.2. The number of halogens is 3. The van der Waals surface area contributed by atoms with Crippen LogP contribution in [-0.2, 0) is 12.7 Å². The summed E-state index contributed by atoms with van der Waals surface area (Å²) in [6, 6.07) is 8.79. The van der Waals surface area contributed by atoms with E-state index >= 15 is 0 Å². The van der Waals surface area contributed by atoms with Crippen molar-refractivity contribution < 1.29 is 18.0 Å². The second-order valence-electron chi connectivity index (χ2n) is 7.02. The SMILES string of the molecule is O=C(NCc1ccc(N2CCCC2)nc1)c1csc(-c2cccc(C(F)(F)F)c2)n1. The van der Waals surface area contributed by atoms with E-state index in [1.807, 2.05) is 12.1 Å². The second kappa shape index (κ2) is 8.43. The molecule has 3 aromatic rings. The monoisotopic (exact) mass is 432 g/mol. The Morgan fingerprint density at radius 1 is 1.17 bits per heavy atom. The first-order valence-corrected chi connectivity index (χ1v) is 10.4. The average molecular weight is 432 g/mol. The van der Waals surface area contributed by atoms with Gasteiger partial charge in [-0.3, -0.25) is 4.79 Å². The molecule has 0 unspecified atom stereocenters. The van der Waals surface area contributed by atoms with Gasteiger partial charge >= 0.3 is 6.18 Å². The van der Waals surface area contributed by atoms with E-state index in [-0.39, 0.29) is 11.6 Å². The topological polar surface area (TPSA) is 58.1 Å². The lowest BCUT2D eigenvalue weighted by atomic mass is 10.1. The molecule has 1 saturated heterocycles. The molecule has 0 aliphatic carbocycles. The van der Waals surface area contributed by atoms with E-state index in [9.17, 15) is 18.0 Å². The summed E-state index contributed by atoms with van der Waals surface area (Å²) in [5.74, 6) is 0.556. The third-order valence-corrected chi connectivity index (χ3v) is 5.76. The van der Waals surface area contributed by atoms with Crippen LogP contribution in [0.1, 0.15) is 34.5 Å². The fraction of sp³-hybridized carbons (Fsp3) is 0.286. The predicted octanol–water partition coefficient (Wildman–Crippen LogP) is 4.75. The maximum atomic E-state index is 12.9. The highest BCUT2D eigenvalue weighted by Gasteiger charge is 2.30. The minimum atomic E-state index is -4.42. The van der Waals surface area contributed by atoms with Crippen molar-refractivity contribution in [3.05, 3.63) is 64.8 Å². The number of nitrogens with one attached hydrogen (secondary N) is 1. The number of thiazole rings is 1. The van der Waals surface area contributed by atoms with Crippen LogP contribution < -0.4 is 10.2 Å². The predicted molar refractivity (Wildman–Crippen MR) is 109 cm³/mol. The third kappa shape index (κ3) is 4.62. The number of nitrogens with zero attached hydrogens (tertiary/aromatic N) is 3. The first kappa shape index (κ1) is 20.3. The van der Waals surface area contributed by atoms with Crippen molar-refractivity contribution in [3.63, 3.8) is 0 Å². The van der Waals surface area contributed by atoms with Crippen molar-refractivity contribution >= 4 is 23.1 Å². The zero-order chi connectivity index (χ0) is 21.1. The molecule has 1 aliphatic rings. The zero-order valence-corrected chi connectivity index (χ0v) is 16.8. The summed E-state index contributed by atoms with van der Waals surface area (Å²) in [5.41, 5.74) is 0.621. The molecule has 4 rings (SSSR count). The molecule has 0 saturated carbocycles. The van der Waals surface area contributed by atoms with Gasteiger partial charge in [0.1, 0.15) is 16.5 Å². The summed E-state index contributed by atoms with van der Waals surface area (Å²) in [6.07, 6.45) is -0.333. The number of aromatic nitrogens is 2. The number of carbonyl (C=O) groups is 1. The summed E-state index contributed by atoms with van der Waals surface area (Å²) in [6.45, 7) is 2.32. The Kier molecular flexibility index (Phi) is 5.72. The quantitative estimate of drug-likeness (QED) is 0.632. The van der Waals surface area contributed by atoms with Gasteiger partial charge in [-0.15, -0.1) is 11.3 Å². The summed E-state index contributed by atoms with van der Waals surface area (Å²) < 4.78 is 38.7. The number of amides is 1. The van der Waals surface area contributed by atoms with Crippen molar-refractivity contribution in [1.82, 2.24) is 15.3 Å². The van der Waals surface area contributed by atoms with Crippen LogP contribution >= 0.6 is 11.3 Å². The van der Waals surface area contributed by atoms with Crippen LogP contribution in [0.3, 0.4) is 0 Å². The van der Waals surface area contributed by atoms with E-state index in [4.69, 9.17) is 0 Å². The van der Waals surface area contributed by atoms with Crippen molar-refractivity contribution in [2.24, 2.45) is 0 Å². The second-order valence-corrected chi connectivity index (χ2v) is 7.88. The van der Waals surface area contributed by atoms with Gasteiger partial charge in [0, 0.05) is 36.8 Å². The van der Waals surface area contributed by atoms with Crippen LogP contribution in [0, 0.1) is 0 Å². The molecule has 5 nitrogen and oxygen atoms in total. The van der Waals surface area contributed by atoms with Crippen LogP contribution in [-0.4, -0.2) is 29.0 Å². The largest absolute Gasteiger partial charge is 0.416 e. The Bertz CT molecular complexity index is 1030. The molecular weight excluding hydrogens is 413 g/mol. The van der Waals surface area contributed by atoms with E-state index < -0.39 is 11.7 Å². The first-order chi connectivity index (χ1) is 14.4. The average Bonchev–Trinajstić information content (AvgIpc) is 3.44. The molecular formula is C21H19F3N4OS. The Balaban J connectivity index is 1.38. The van der Waals surface area contributed by atoms with Crippen LogP contribution in [0.4, 0.5) is 19.0 Å². The minimum Gasteiger partial charge on any atom is -0.357 e. The molecule has 1 aromatic carbocycles. The number of carbonyl (C=O) groups excluding carboxylic acids is 1. The van der Waals surface area contributed by atoms with Gasteiger partial charge in [0.25, 0.3) is 5.91 Å². The maximum absolute atomic E-state index is 12.9. The van der Waals surface area contributed by atoms with Gasteiger partial charge in [-0.05, 0) is 36.6 Å². The van der Waals surface area contributed by atoms with Gasteiger partial charge in [0.15, 0.2) is 0 Å². The Labute approximate surface area is 175 Å². The van der Waals surface area contributed by atoms with Crippen molar-refractivity contribution in [1.29, 1.82) is 0 Å². The van der Waals surface area contributed by atoms with E-state index in [0.717, 1.165) is 47.9 Å². The minimum absolute atomic E-state index is 0.175. The van der Waals surface area contributed by atoms with E-state index in [2.05, 4.69) is 20.2 Å². The summed E-state index contributed by atoms with van der Waals surface area (Å²) >= 11 is 1.13. The highest BCUT2D eigenvalue weighted by atomic mass is 32.1. The van der Waals surface area contributed by atoms with Gasteiger partial charge in [-0.2, -0.15) is 13.2 Å². The molecule has 1 aliphatic heterocycles. The van der Waals surface area contributed by atoms with Crippen LogP contribution in [0.5, 0.6) is 0 Å². The molecule has 9 heteroatoms. The Morgan fingerprint density at radius 2 is 1.97 bits per heavy atom. The number of hydrogen-bond acceptors (Lipinski definition) is 5. The molecule has 0 atom stereocenters.